The Bertz CT molecular complexity index is 368. The van der Waals surface area contributed by atoms with Gasteiger partial charge in [0.1, 0.15) is 0 Å². The molecule has 3 N–H and O–H groups in total. The summed E-state index contributed by atoms with van der Waals surface area (Å²) in [6.45, 7) is 2.08. The molecule has 0 aliphatic carbocycles. The van der Waals surface area contributed by atoms with E-state index in [0.29, 0.717) is 6.42 Å². The minimum Gasteiger partial charge on any atom is -0.396 e. The highest BCUT2D eigenvalue weighted by Crippen LogP contribution is 2.17. The third-order valence-electron chi connectivity index (χ3n) is 2.52. The van der Waals surface area contributed by atoms with Crippen LogP contribution in [0.4, 0.5) is 10.5 Å². The van der Waals surface area contributed by atoms with E-state index in [4.69, 9.17) is 5.11 Å². The monoisotopic (exact) mass is 268 g/mol. The van der Waals surface area contributed by atoms with E-state index in [1.807, 2.05) is 37.4 Å². The van der Waals surface area contributed by atoms with Crippen LogP contribution in [0.2, 0.25) is 0 Å². The molecule has 0 fully saturated rings. The van der Waals surface area contributed by atoms with Crippen LogP contribution in [0.25, 0.3) is 0 Å². The van der Waals surface area contributed by atoms with Crippen molar-refractivity contribution in [2.24, 2.45) is 0 Å². The zero-order valence-electron chi connectivity index (χ0n) is 10.8. The molecular formula is C13H20N2O2S. The van der Waals surface area contributed by atoms with Gasteiger partial charge >= 0.3 is 6.03 Å². The quantitative estimate of drug-likeness (QED) is 0.695. The zero-order chi connectivity index (χ0) is 13.4. The molecule has 2 amide bonds. The normalized spacial score (nSPS) is 11.9. The molecule has 4 nitrogen and oxygen atoms in total. The molecule has 1 atom stereocenters. The Labute approximate surface area is 112 Å². The molecule has 0 radical (unpaired) electrons. The summed E-state index contributed by atoms with van der Waals surface area (Å²) in [5, 5.41) is 14.3. The van der Waals surface area contributed by atoms with Crippen molar-refractivity contribution in [3.8, 4) is 0 Å². The Morgan fingerprint density at radius 3 is 2.61 bits per heavy atom. The van der Waals surface area contributed by atoms with Crippen molar-refractivity contribution in [1.29, 1.82) is 0 Å². The lowest BCUT2D eigenvalue weighted by atomic mass is 10.2. The summed E-state index contributed by atoms with van der Waals surface area (Å²) in [6.07, 6.45) is 3.48. The molecule has 1 rings (SSSR count). The van der Waals surface area contributed by atoms with Crippen LogP contribution in [0, 0.1) is 0 Å². The predicted octanol–water partition coefficient (Wildman–Crippen LogP) is 2.69. The standard InChI is InChI=1S/C13H20N2O2S/c1-10(4-3-9-16)14-13(17)15-11-5-7-12(18-2)8-6-11/h5-8,10,16H,3-4,9H2,1-2H3,(H2,14,15,17). The predicted molar refractivity (Wildman–Crippen MR) is 76.2 cm³/mol. The molecular weight excluding hydrogens is 248 g/mol. The molecule has 1 aromatic rings. The van der Waals surface area contributed by atoms with Gasteiger partial charge in [-0.15, -0.1) is 11.8 Å². The molecule has 0 bridgehead atoms. The van der Waals surface area contributed by atoms with Crippen molar-refractivity contribution in [2.45, 2.75) is 30.7 Å². The number of nitrogens with one attached hydrogen (secondary N) is 2. The lowest BCUT2D eigenvalue weighted by Gasteiger charge is -2.14. The fraction of sp³-hybridized carbons (Fsp3) is 0.462. The fourth-order valence-electron chi connectivity index (χ4n) is 1.53. The number of amides is 2. The van der Waals surface area contributed by atoms with Crippen molar-refractivity contribution >= 4 is 23.5 Å². The molecule has 0 spiro atoms. The van der Waals surface area contributed by atoms with E-state index in [9.17, 15) is 4.79 Å². The number of benzene rings is 1. The highest BCUT2D eigenvalue weighted by atomic mass is 32.2. The SMILES string of the molecule is CSc1ccc(NC(=O)NC(C)CCCO)cc1. The lowest BCUT2D eigenvalue weighted by Crippen LogP contribution is -2.36. The van der Waals surface area contributed by atoms with Gasteiger partial charge in [0.15, 0.2) is 0 Å². The summed E-state index contributed by atoms with van der Waals surface area (Å²) in [5.74, 6) is 0. The molecule has 0 saturated carbocycles. The van der Waals surface area contributed by atoms with Gasteiger partial charge in [0.25, 0.3) is 0 Å². The smallest absolute Gasteiger partial charge is 0.319 e. The Balaban J connectivity index is 2.39. The van der Waals surface area contributed by atoms with Gasteiger partial charge in [0.05, 0.1) is 0 Å². The van der Waals surface area contributed by atoms with E-state index >= 15 is 0 Å². The maximum atomic E-state index is 11.7. The summed E-state index contributed by atoms with van der Waals surface area (Å²) in [6, 6.07) is 7.54. The summed E-state index contributed by atoms with van der Waals surface area (Å²) in [4.78, 5) is 12.8. The van der Waals surface area contributed by atoms with Crippen LogP contribution in [-0.4, -0.2) is 30.0 Å². The number of aliphatic hydroxyl groups excluding tert-OH is 1. The number of rotatable bonds is 6. The molecule has 0 aliphatic heterocycles. The van der Waals surface area contributed by atoms with E-state index in [1.165, 1.54) is 0 Å². The van der Waals surface area contributed by atoms with Gasteiger partial charge in [0, 0.05) is 23.2 Å². The Kier molecular flexibility index (Phi) is 6.60. The summed E-state index contributed by atoms with van der Waals surface area (Å²) >= 11 is 1.66. The largest absolute Gasteiger partial charge is 0.396 e. The first-order valence-corrected chi connectivity index (χ1v) is 7.20. The number of hydrogen-bond acceptors (Lipinski definition) is 3. The minimum absolute atomic E-state index is 0.0580. The average molecular weight is 268 g/mol. The summed E-state index contributed by atoms with van der Waals surface area (Å²) in [7, 11) is 0. The Morgan fingerprint density at radius 1 is 1.39 bits per heavy atom. The highest BCUT2D eigenvalue weighted by Gasteiger charge is 2.06. The first-order valence-electron chi connectivity index (χ1n) is 5.98. The van der Waals surface area contributed by atoms with Gasteiger partial charge in [-0.3, -0.25) is 0 Å². The second-order valence-electron chi connectivity index (χ2n) is 4.09. The Hall–Kier alpha value is -1.20. The van der Waals surface area contributed by atoms with Crippen molar-refractivity contribution in [3.05, 3.63) is 24.3 Å². The molecule has 0 heterocycles. The lowest BCUT2D eigenvalue weighted by molar-refractivity contribution is 0.245. The number of carbonyl (C=O) groups excluding carboxylic acids is 1. The van der Waals surface area contributed by atoms with Crippen molar-refractivity contribution in [3.63, 3.8) is 0 Å². The number of thioether (sulfide) groups is 1. The van der Waals surface area contributed by atoms with Crippen LogP contribution in [-0.2, 0) is 0 Å². The van der Waals surface area contributed by atoms with Crippen molar-refractivity contribution < 1.29 is 9.90 Å². The van der Waals surface area contributed by atoms with Gasteiger partial charge < -0.3 is 15.7 Å². The number of aliphatic hydroxyl groups is 1. The van der Waals surface area contributed by atoms with Crippen LogP contribution in [0.5, 0.6) is 0 Å². The van der Waals surface area contributed by atoms with Gasteiger partial charge in [-0.05, 0) is 50.3 Å². The maximum absolute atomic E-state index is 11.7. The number of anilines is 1. The summed E-state index contributed by atoms with van der Waals surface area (Å²) in [5.41, 5.74) is 0.777. The molecule has 18 heavy (non-hydrogen) atoms. The van der Waals surface area contributed by atoms with Crippen LogP contribution in [0.3, 0.4) is 0 Å². The Morgan fingerprint density at radius 2 is 2.06 bits per heavy atom. The molecule has 1 aromatic carbocycles. The van der Waals surface area contributed by atoms with E-state index in [-0.39, 0.29) is 18.7 Å². The topological polar surface area (TPSA) is 61.4 Å². The average Bonchev–Trinajstić information content (AvgIpc) is 2.37. The molecule has 1 unspecified atom stereocenters. The first-order chi connectivity index (χ1) is 8.65. The fourth-order valence-corrected chi connectivity index (χ4v) is 1.94. The van der Waals surface area contributed by atoms with Crippen LogP contribution in [0.1, 0.15) is 19.8 Å². The highest BCUT2D eigenvalue weighted by molar-refractivity contribution is 7.98. The zero-order valence-corrected chi connectivity index (χ0v) is 11.6. The van der Waals surface area contributed by atoms with Gasteiger partial charge in [-0.1, -0.05) is 0 Å². The third kappa shape index (κ3) is 5.42. The second-order valence-corrected chi connectivity index (χ2v) is 4.97. The van der Waals surface area contributed by atoms with E-state index in [0.717, 1.165) is 17.0 Å². The van der Waals surface area contributed by atoms with Crippen molar-refractivity contribution in [2.75, 3.05) is 18.2 Å². The van der Waals surface area contributed by atoms with E-state index in [1.54, 1.807) is 11.8 Å². The molecule has 100 valence electrons. The molecule has 0 saturated heterocycles. The van der Waals surface area contributed by atoms with Gasteiger partial charge in [-0.25, -0.2) is 4.79 Å². The number of carbonyl (C=O) groups is 1. The van der Waals surface area contributed by atoms with E-state index in [2.05, 4.69) is 10.6 Å². The number of urea groups is 1. The van der Waals surface area contributed by atoms with Crippen LogP contribution in [0.15, 0.2) is 29.2 Å². The number of hydrogen-bond donors (Lipinski definition) is 3. The molecule has 0 aliphatic rings. The first kappa shape index (κ1) is 14.9. The third-order valence-corrected chi connectivity index (χ3v) is 3.26. The molecule has 5 heteroatoms. The molecule has 0 aromatic heterocycles. The minimum atomic E-state index is -0.211. The van der Waals surface area contributed by atoms with Crippen LogP contribution < -0.4 is 10.6 Å². The van der Waals surface area contributed by atoms with Crippen molar-refractivity contribution in [1.82, 2.24) is 5.32 Å². The van der Waals surface area contributed by atoms with Gasteiger partial charge in [-0.2, -0.15) is 0 Å². The maximum Gasteiger partial charge on any atom is 0.319 e. The van der Waals surface area contributed by atoms with Crippen LogP contribution >= 0.6 is 11.8 Å². The van der Waals surface area contributed by atoms with E-state index < -0.39 is 0 Å². The summed E-state index contributed by atoms with van der Waals surface area (Å²) < 4.78 is 0. The van der Waals surface area contributed by atoms with Gasteiger partial charge in [0.2, 0.25) is 0 Å². The second kappa shape index (κ2) is 8.00.